The van der Waals surface area contributed by atoms with Gasteiger partial charge in [0.2, 0.25) is 0 Å². The van der Waals surface area contributed by atoms with Crippen molar-refractivity contribution in [1.82, 2.24) is 19.7 Å². The van der Waals surface area contributed by atoms with Gasteiger partial charge in [-0.1, -0.05) is 11.3 Å². The van der Waals surface area contributed by atoms with Crippen LogP contribution in [0.25, 0.3) is 0 Å². The van der Waals surface area contributed by atoms with Crippen LogP contribution >= 0.6 is 23.1 Å². The third kappa shape index (κ3) is 2.78. The Morgan fingerprint density at radius 1 is 1.53 bits per heavy atom. The van der Waals surface area contributed by atoms with Crippen LogP contribution < -0.4 is 5.73 Å². The summed E-state index contributed by atoms with van der Waals surface area (Å²) in [5, 5.41) is 4.83. The SMILES string of the molecule is Cc1nc(N)sc1SCc1ncnn1C(C)C. The normalized spacial score (nSPS) is 11.3. The summed E-state index contributed by atoms with van der Waals surface area (Å²) in [7, 11) is 0. The summed E-state index contributed by atoms with van der Waals surface area (Å²) in [6.45, 7) is 6.17. The third-order valence-electron chi connectivity index (χ3n) is 2.24. The second-order valence-electron chi connectivity index (χ2n) is 3.93. The molecule has 2 rings (SSSR count). The van der Waals surface area contributed by atoms with Gasteiger partial charge in [0, 0.05) is 6.04 Å². The van der Waals surface area contributed by atoms with Crippen molar-refractivity contribution in [3.05, 3.63) is 17.8 Å². The smallest absolute Gasteiger partial charge is 0.181 e. The highest BCUT2D eigenvalue weighted by atomic mass is 32.2. The number of anilines is 1. The summed E-state index contributed by atoms with van der Waals surface area (Å²) in [4.78, 5) is 8.47. The Labute approximate surface area is 108 Å². The number of nitrogens with two attached hydrogens (primary N) is 1. The molecule has 0 aliphatic heterocycles. The Bertz CT molecular complexity index is 503. The van der Waals surface area contributed by atoms with Crippen molar-refractivity contribution in [1.29, 1.82) is 0 Å². The minimum Gasteiger partial charge on any atom is -0.375 e. The molecule has 0 saturated carbocycles. The number of thioether (sulfide) groups is 1. The minimum absolute atomic E-state index is 0.334. The number of thiazole rings is 1. The van der Waals surface area contributed by atoms with Crippen molar-refractivity contribution in [2.75, 3.05) is 5.73 Å². The molecule has 0 saturated heterocycles. The highest BCUT2D eigenvalue weighted by Gasteiger charge is 2.11. The zero-order valence-electron chi connectivity index (χ0n) is 10.0. The zero-order valence-corrected chi connectivity index (χ0v) is 11.7. The molecule has 0 atom stereocenters. The number of nitrogen functional groups attached to an aromatic ring is 1. The Kier molecular flexibility index (Phi) is 3.68. The van der Waals surface area contributed by atoms with Crippen LogP contribution in [0.15, 0.2) is 10.5 Å². The van der Waals surface area contributed by atoms with Crippen molar-refractivity contribution >= 4 is 28.2 Å². The van der Waals surface area contributed by atoms with Gasteiger partial charge in [-0.05, 0) is 20.8 Å². The standard InChI is InChI=1S/C10H15N5S2/c1-6(2)15-8(12-5-13-15)4-16-9-7(3)14-10(11)17-9/h5-6H,4H2,1-3H3,(H2,11,14). The van der Waals surface area contributed by atoms with Gasteiger partial charge in [-0.2, -0.15) is 5.10 Å². The van der Waals surface area contributed by atoms with Crippen LogP contribution in [-0.2, 0) is 5.75 Å². The maximum atomic E-state index is 5.67. The van der Waals surface area contributed by atoms with Crippen LogP contribution in [0.3, 0.4) is 0 Å². The lowest BCUT2D eigenvalue weighted by atomic mass is 10.4. The molecule has 17 heavy (non-hydrogen) atoms. The van der Waals surface area contributed by atoms with Crippen LogP contribution in [-0.4, -0.2) is 19.7 Å². The lowest BCUT2D eigenvalue weighted by molar-refractivity contribution is 0.514. The first kappa shape index (κ1) is 12.4. The number of hydrogen-bond acceptors (Lipinski definition) is 6. The van der Waals surface area contributed by atoms with E-state index < -0.39 is 0 Å². The number of aryl methyl sites for hydroxylation is 1. The molecule has 2 aromatic rings. The fraction of sp³-hybridized carbons (Fsp3) is 0.500. The van der Waals surface area contributed by atoms with E-state index in [2.05, 4.69) is 28.9 Å². The molecule has 0 aromatic carbocycles. The van der Waals surface area contributed by atoms with Gasteiger partial charge in [0.1, 0.15) is 12.2 Å². The Morgan fingerprint density at radius 2 is 2.29 bits per heavy atom. The average molecular weight is 269 g/mol. The maximum Gasteiger partial charge on any atom is 0.181 e. The van der Waals surface area contributed by atoms with E-state index in [1.54, 1.807) is 18.1 Å². The summed E-state index contributed by atoms with van der Waals surface area (Å²) in [6, 6.07) is 0.334. The third-order valence-corrected chi connectivity index (χ3v) is 4.58. The van der Waals surface area contributed by atoms with Gasteiger partial charge < -0.3 is 5.73 Å². The van der Waals surface area contributed by atoms with E-state index in [1.165, 1.54) is 11.3 Å². The van der Waals surface area contributed by atoms with Crippen LogP contribution in [0.4, 0.5) is 5.13 Å². The second kappa shape index (κ2) is 5.05. The molecule has 0 radical (unpaired) electrons. The van der Waals surface area contributed by atoms with Crippen molar-refractivity contribution in [2.24, 2.45) is 0 Å². The molecule has 2 aromatic heterocycles. The number of rotatable bonds is 4. The summed E-state index contributed by atoms with van der Waals surface area (Å²) in [6.07, 6.45) is 1.60. The van der Waals surface area contributed by atoms with Gasteiger partial charge in [0.05, 0.1) is 15.7 Å². The van der Waals surface area contributed by atoms with E-state index in [0.717, 1.165) is 21.5 Å². The molecule has 0 fully saturated rings. The number of aromatic nitrogens is 4. The molecule has 92 valence electrons. The monoisotopic (exact) mass is 269 g/mol. The van der Waals surface area contributed by atoms with Gasteiger partial charge in [-0.3, -0.25) is 0 Å². The predicted molar refractivity (Wildman–Crippen MR) is 71.2 cm³/mol. The number of hydrogen-bond donors (Lipinski definition) is 1. The summed E-state index contributed by atoms with van der Waals surface area (Å²) >= 11 is 3.23. The summed E-state index contributed by atoms with van der Waals surface area (Å²) in [5.74, 6) is 1.78. The van der Waals surface area contributed by atoms with E-state index in [1.807, 2.05) is 11.6 Å². The van der Waals surface area contributed by atoms with Crippen molar-refractivity contribution in [2.45, 2.75) is 36.8 Å². The van der Waals surface area contributed by atoms with E-state index in [4.69, 9.17) is 5.73 Å². The summed E-state index contributed by atoms with van der Waals surface area (Å²) < 4.78 is 3.09. The van der Waals surface area contributed by atoms with Crippen molar-refractivity contribution < 1.29 is 0 Å². The fourth-order valence-corrected chi connectivity index (χ4v) is 3.43. The minimum atomic E-state index is 0.334. The molecule has 0 amide bonds. The molecular formula is C10H15N5S2. The van der Waals surface area contributed by atoms with Crippen LogP contribution in [0.1, 0.15) is 31.4 Å². The van der Waals surface area contributed by atoms with Gasteiger partial charge in [-0.25, -0.2) is 14.6 Å². The maximum absolute atomic E-state index is 5.67. The molecule has 0 aliphatic rings. The van der Waals surface area contributed by atoms with Crippen molar-refractivity contribution in [3.63, 3.8) is 0 Å². The van der Waals surface area contributed by atoms with Gasteiger partial charge >= 0.3 is 0 Å². The summed E-state index contributed by atoms with van der Waals surface area (Å²) in [5.41, 5.74) is 6.66. The van der Waals surface area contributed by atoms with Crippen molar-refractivity contribution in [3.8, 4) is 0 Å². The highest BCUT2D eigenvalue weighted by molar-refractivity contribution is 8.00. The molecule has 7 heteroatoms. The Balaban J connectivity index is 2.07. The van der Waals surface area contributed by atoms with E-state index in [-0.39, 0.29) is 0 Å². The first-order valence-corrected chi connectivity index (χ1v) is 7.12. The first-order valence-electron chi connectivity index (χ1n) is 5.32. The molecule has 2 heterocycles. The second-order valence-corrected chi connectivity index (χ2v) is 6.20. The van der Waals surface area contributed by atoms with Gasteiger partial charge in [0.25, 0.3) is 0 Å². The fourth-order valence-electron chi connectivity index (χ4n) is 1.48. The van der Waals surface area contributed by atoms with Crippen LogP contribution in [0.5, 0.6) is 0 Å². The topological polar surface area (TPSA) is 69.6 Å². The largest absolute Gasteiger partial charge is 0.375 e. The van der Waals surface area contributed by atoms with Crippen LogP contribution in [0.2, 0.25) is 0 Å². The molecule has 0 aliphatic carbocycles. The van der Waals surface area contributed by atoms with Gasteiger partial charge in [-0.15, -0.1) is 11.8 Å². The van der Waals surface area contributed by atoms with Crippen LogP contribution in [0, 0.1) is 6.92 Å². The van der Waals surface area contributed by atoms with E-state index in [0.29, 0.717) is 11.2 Å². The van der Waals surface area contributed by atoms with E-state index >= 15 is 0 Å². The molecule has 2 N–H and O–H groups in total. The Morgan fingerprint density at radius 3 is 2.88 bits per heavy atom. The lowest BCUT2D eigenvalue weighted by Crippen LogP contribution is -2.07. The molecule has 0 unspecified atom stereocenters. The molecule has 5 nitrogen and oxygen atoms in total. The predicted octanol–water partition coefficient (Wildman–Crippen LogP) is 2.50. The Hall–Kier alpha value is -1.08. The van der Waals surface area contributed by atoms with Gasteiger partial charge in [0.15, 0.2) is 5.13 Å². The molecular weight excluding hydrogens is 254 g/mol. The molecule has 0 bridgehead atoms. The lowest BCUT2D eigenvalue weighted by Gasteiger charge is -2.08. The average Bonchev–Trinajstić information content (AvgIpc) is 2.82. The number of nitrogens with zero attached hydrogens (tertiary/aromatic N) is 4. The first-order chi connectivity index (χ1) is 8.08. The molecule has 0 spiro atoms. The van der Waals surface area contributed by atoms with E-state index in [9.17, 15) is 0 Å². The zero-order chi connectivity index (χ0) is 12.4. The highest BCUT2D eigenvalue weighted by Crippen LogP contribution is 2.32. The quantitative estimate of drug-likeness (QED) is 0.864.